The van der Waals surface area contributed by atoms with Crippen molar-refractivity contribution in [1.29, 1.82) is 0 Å². The molecule has 172 valence electrons. The van der Waals surface area contributed by atoms with Gasteiger partial charge in [-0.15, -0.1) is 0 Å². The Kier molecular flexibility index (Phi) is 7.09. The summed E-state index contributed by atoms with van der Waals surface area (Å²) in [4.78, 5) is 12.8. The Morgan fingerprint density at radius 3 is 2.35 bits per heavy atom. The molecule has 0 spiro atoms. The van der Waals surface area contributed by atoms with E-state index in [-0.39, 0.29) is 4.90 Å². The molecule has 1 N–H and O–H groups in total. The Labute approximate surface area is 207 Å². The highest BCUT2D eigenvalue weighted by Gasteiger charge is 2.27. The highest BCUT2D eigenvalue weighted by Crippen LogP contribution is 2.25. The molecule has 0 fully saturated rings. The van der Waals surface area contributed by atoms with E-state index in [1.54, 1.807) is 42.6 Å². The van der Waals surface area contributed by atoms with Gasteiger partial charge in [0.15, 0.2) is 0 Å². The lowest BCUT2D eigenvalue weighted by Gasteiger charge is -2.23. The van der Waals surface area contributed by atoms with Crippen LogP contribution >= 0.6 is 15.9 Å². The fourth-order valence-electron chi connectivity index (χ4n) is 3.46. The minimum atomic E-state index is -3.98. The first kappa shape index (κ1) is 23.7. The third kappa shape index (κ3) is 5.35. The van der Waals surface area contributed by atoms with Crippen LogP contribution in [0.4, 0.5) is 5.69 Å². The first-order chi connectivity index (χ1) is 16.3. The molecule has 4 aromatic rings. The molecule has 0 aliphatic carbocycles. The predicted octanol–water partition coefficient (Wildman–Crippen LogP) is 5.26. The lowest BCUT2D eigenvalue weighted by atomic mass is 10.1. The summed E-state index contributed by atoms with van der Waals surface area (Å²) < 4.78 is 28.7. The van der Waals surface area contributed by atoms with Gasteiger partial charge in [0.25, 0.3) is 15.9 Å². The molecule has 0 saturated carbocycles. The summed E-state index contributed by atoms with van der Waals surface area (Å²) in [6.07, 6.45) is 1.55. The number of aryl methyl sites for hydroxylation is 1. The van der Waals surface area contributed by atoms with Crippen LogP contribution in [0, 0.1) is 6.92 Å². The average molecular weight is 536 g/mol. The molecule has 34 heavy (non-hydrogen) atoms. The van der Waals surface area contributed by atoms with Crippen LogP contribution in [-0.4, -0.2) is 27.1 Å². The predicted molar refractivity (Wildman–Crippen MR) is 140 cm³/mol. The molecular weight excluding hydrogens is 514 g/mol. The largest absolute Gasteiger partial charge is 0.271 e. The van der Waals surface area contributed by atoms with Gasteiger partial charge in [-0.3, -0.25) is 9.10 Å². The molecule has 6 nitrogen and oxygen atoms in total. The van der Waals surface area contributed by atoms with E-state index in [4.69, 9.17) is 0 Å². The van der Waals surface area contributed by atoms with E-state index in [1.807, 2.05) is 49.4 Å². The monoisotopic (exact) mass is 535 g/mol. The van der Waals surface area contributed by atoms with Gasteiger partial charge < -0.3 is 0 Å². The third-order valence-corrected chi connectivity index (χ3v) is 7.54. The van der Waals surface area contributed by atoms with Gasteiger partial charge >= 0.3 is 0 Å². The number of anilines is 1. The van der Waals surface area contributed by atoms with E-state index in [9.17, 15) is 13.2 Å². The Hall–Kier alpha value is -3.49. The molecule has 4 aromatic carbocycles. The quantitative estimate of drug-likeness (QED) is 0.259. The van der Waals surface area contributed by atoms with E-state index in [1.165, 1.54) is 12.1 Å². The van der Waals surface area contributed by atoms with Crippen LogP contribution in [0.1, 0.15) is 11.1 Å². The molecule has 0 atom stereocenters. The fraction of sp³-hybridized carbons (Fsp3) is 0.0769. The van der Waals surface area contributed by atoms with Gasteiger partial charge in [-0.25, -0.2) is 13.8 Å². The molecule has 4 rings (SSSR count). The Balaban J connectivity index is 1.57. The number of halogens is 1. The van der Waals surface area contributed by atoms with Crippen molar-refractivity contribution in [3.8, 4) is 0 Å². The van der Waals surface area contributed by atoms with Crippen LogP contribution in [-0.2, 0) is 14.8 Å². The maximum atomic E-state index is 13.4. The van der Waals surface area contributed by atoms with Crippen molar-refractivity contribution in [2.45, 2.75) is 11.8 Å². The molecule has 8 heteroatoms. The Morgan fingerprint density at radius 1 is 0.941 bits per heavy atom. The summed E-state index contributed by atoms with van der Waals surface area (Å²) in [5, 5.41) is 6.13. The normalized spacial score (nSPS) is 11.6. The second kappa shape index (κ2) is 10.2. The minimum absolute atomic E-state index is 0.105. The van der Waals surface area contributed by atoms with Crippen LogP contribution in [0.25, 0.3) is 10.8 Å². The standard InChI is InChI=1S/C26H22BrN3O3S/c1-19-9-15-24(16-10-19)34(32,33)30(23-13-11-22(27)12-14-23)18-26(31)29-28-17-21-7-4-6-20-5-2-3-8-25(20)21/h2-17H,18H2,1H3,(H,29,31)/b28-17-. The van der Waals surface area contributed by atoms with E-state index in [0.29, 0.717) is 5.69 Å². The number of hydrogen-bond donors (Lipinski definition) is 1. The van der Waals surface area contributed by atoms with Gasteiger partial charge in [-0.05, 0) is 54.1 Å². The maximum Gasteiger partial charge on any atom is 0.264 e. The van der Waals surface area contributed by atoms with Crippen LogP contribution in [0.3, 0.4) is 0 Å². The van der Waals surface area contributed by atoms with Crippen LogP contribution < -0.4 is 9.73 Å². The molecular formula is C26H22BrN3O3S. The van der Waals surface area contributed by atoms with E-state index in [0.717, 1.165) is 30.7 Å². The summed E-state index contributed by atoms with van der Waals surface area (Å²) in [6.45, 7) is 1.45. The molecule has 0 aliphatic heterocycles. The van der Waals surface area contributed by atoms with Crippen molar-refractivity contribution in [2.75, 3.05) is 10.8 Å². The molecule has 0 unspecified atom stereocenters. The van der Waals surface area contributed by atoms with Crippen molar-refractivity contribution in [3.63, 3.8) is 0 Å². The Bertz CT molecular complexity index is 1450. The number of benzene rings is 4. The Morgan fingerprint density at radius 2 is 1.62 bits per heavy atom. The highest BCUT2D eigenvalue weighted by molar-refractivity contribution is 9.10. The lowest BCUT2D eigenvalue weighted by Crippen LogP contribution is -2.39. The first-order valence-electron chi connectivity index (χ1n) is 10.5. The minimum Gasteiger partial charge on any atom is -0.271 e. The number of hydrogen-bond acceptors (Lipinski definition) is 4. The number of carbonyl (C=O) groups excluding carboxylic acids is 1. The molecule has 0 saturated heterocycles. The summed E-state index contributed by atoms with van der Waals surface area (Å²) in [7, 11) is -3.98. The van der Waals surface area contributed by atoms with E-state index >= 15 is 0 Å². The summed E-state index contributed by atoms with van der Waals surface area (Å²) >= 11 is 3.36. The van der Waals surface area contributed by atoms with Gasteiger partial charge in [0.2, 0.25) is 0 Å². The van der Waals surface area contributed by atoms with Crippen molar-refractivity contribution < 1.29 is 13.2 Å². The number of nitrogens with one attached hydrogen (secondary N) is 1. The van der Waals surface area contributed by atoms with Crippen molar-refractivity contribution in [2.24, 2.45) is 5.10 Å². The second-order valence-electron chi connectivity index (χ2n) is 7.66. The number of rotatable bonds is 7. The number of carbonyl (C=O) groups is 1. The van der Waals surface area contributed by atoms with Crippen molar-refractivity contribution >= 4 is 54.5 Å². The zero-order chi connectivity index (χ0) is 24.1. The van der Waals surface area contributed by atoms with Crippen molar-refractivity contribution in [1.82, 2.24) is 5.43 Å². The van der Waals surface area contributed by atoms with Gasteiger partial charge in [-0.1, -0.05) is 76.1 Å². The van der Waals surface area contributed by atoms with Crippen LogP contribution in [0.15, 0.2) is 105 Å². The van der Waals surface area contributed by atoms with E-state index in [2.05, 4.69) is 26.5 Å². The molecule has 0 bridgehead atoms. The smallest absolute Gasteiger partial charge is 0.264 e. The number of nitrogens with zero attached hydrogens (tertiary/aromatic N) is 2. The highest BCUT2D eigenvalue weighted by atomic mass is 79.9. The zero-order valence-electron chi connectivity index (χ0n) is 18.4. The SMILES string of the molecule is Cc1ccc(S(=O)(=O)N(CC(=O)N/N=C\c2cccc3ccccc23)c2ccc(Br)cc2)cc1. The van der Waals surface area contributed by atoms with E-state index < -0.39 is 22.5 Å². The van der Waals surface area contributed by atoms with Gasteiger partial charge in [-0.2, -0.15) is 5.10 Å². The summed E-state index contributed by atoms with van der Waals surface area (Å²) in [6, 6.07) is 26.9. The maximum absolute atomic E-state index is 13.4. The zero-order valence-corrected chi connectivity index (χ0v) is 20.8. The third-order valence-electron chi connectivity index (χ3n) is 5.23. The average Bonchev–Trinajstić information content (AvgIpc) is 2.83. The second-order valence-corrected chi connectivity index (χ2v) is 10.4. The molecule has 0 aromatic heterocycles. The van der Waals surface area contributed by atoms with Crippen molar-refractivity contribution in [3.05, 3.63) is 107 Å². The first-order valence-corrected chi connectivity index (χ1v) is 12.7. The summed E-state index contributed by atoms with van der Waals surface area (Å²) in [5.41, 5.74) is 4.61. The lowest BCUT2D eigenvalue weighted by molar-refractivity contribution is -0.119. The number of hydrazone groups is 1. The fourth-order valence-corrected chi connectivity index (χ4v) is 5.15. The number of fused-ring (bicyclic) bond motifs is 1. The molecule has 0 radical (unpaired) electrons. The van der Waals surface area contributed by atoms with Gasteiger partial charge in [0, 0.05) is 10.0 Å². The van der Waals surface area contributed by atoms with Crippen LogP contribution in [0.2, 0.25) is 0 Å². The molecule has 1 amide bonds. The topological polar surface area (TPSA) is 78.8 Å². The molecule has 0 aliphatic rings. The number of sulfonamides is 1. The number of amides is 1. The van der Waals surface area contributed by atoms with Crippen LogP contribution in [0.5, 0.6) is 0 Å². The van der Waals surface area contributed by atoms with Gasteiger partial charge in [0.1, 0.15) is 6.54 Å². The summed E-state index contributed by atoms with van der Waals surface area (Å²) in [5.74, 6) is -0.560. The van der Waals surface area contributed by atoms with Gasteiger partial charge in [0.05, 0.1) is 16.8 Å². The molecule has 0 heterocycles.